The van der Waals surface area contributed by atoms with Crippen LogP contribution in [0.5, 0.6) is 5.75 Å². The number of ether oxygens (including phenoxy) is 2. The minimum atomic E-state index is -0.349. The van der Waals surface area contributed by atoms with E-state index in [9.17, 15) is 9.59 Å². The van der Waals surface area contributed by atoms with E-state index in [-0.39, 0.29) is 16.9 Å². The van der Waals surface area contributed by atoms with Gasteiger partial charge in [-0.3, -0.25) is 14.9 Å². The van der Waals surface area contributed by atoms with Crippen molar-refractivity contribution in [1.82, 2.24) is 10.6 Å². The number of thiocarbonyl (C=S) groups is 1. The first-order valence-electron chi connectivity index (χ1n) is 10.3. The Hall–Kier alpha value is -2.97. The summed E-state index contributed by atoms with van der Waals surface area (Å²) in [5.41, 5.74) is 1.60. The smallest absolute Gasteiger partial charge is 0.261 e. The fourth-order valence-electron chi connectivity index (χ4n) is 2.72. The van der Waals surface area contributed by atoms with Crippen LogP contribution in [0.25, 0.3) is 0 Å². The second-order valence-electron chi connectivity index (χ2n) is 6.79. The van der Waals surface area contributed by atoms with Gasteiger partial charge >= 0.3 is 0 Å². The highest BCUT2D eigenvalue weighted by molar-refractivity contribution is 7.80. The monoisotopic (exact) mass is 443 g/mol. The Bertz CT molecular complexity index is 871. The predicted molar refractivity (Wildman–Crippen MR) is 126 cm³/mol. The molecule has 8 heteroatoms. The molecule has 3 N–H and O–H groups in total. The molecule has 0 saturated carbocycles. The van der Waals surface area contributed by atoms with Crippen LogP contribution in [-0.2, 0) is 4.74 Å². The van der Waals surface area contributed by atoms with E-state index in [4.69, 9.17) is 21.7 Å². The van der Waals surface area contributed by atoms with Crippen LogP contribution in [0.4, 0.5) is 5.69 Å². The third-order valence-corrected chi connectivity index (χ3v) is 4.57. The van der Waals surface area contributed by atoms with Gasteiger partial charge in [0.15, 0.2) is 5.11 Å². The van der Waals surface area contributed by atoms with Crippen molar-refractivity contribution in [3.63, 3.8) is 0 Å². The van der Waals surface area contributed by atoms with E-state index in [1.807, 2.05) is 6.07 Å². The van der Waals surface area contributed by atoms with Crippen LogP contribution in [0, 0.1) is 0 Å². The molecule has 0 aliphatic heterocycles. The molecule has 2 rings (SSSR count). The predicted octanol–water partition coefficient (Wildman–Crippen LogP) is 3.76. The van der Waals surface area contributed by atoms with Crippen molar-refractivity contribution in [3.8, 4) is 5.75 Å². The fraction of sp³-hybridized carbons (Fsp3) is 0.348. The third kappa shape index (κ3) is 8.35. The first kappa shape index (κ1) is 24.3. The van der Waals surface area contributed by atoms with E-state index in [2.05, 4.69) is 22.9 Å². The van der Waals surface area contributed by atoms with Gasteiger partial charge in [0.05, 0.1) is 18.8 Å². The molecule has 0 aliphatic carbocycles. The molecule has 7 nitrogen and oxygen atoms in total. The van der Waals surface area contributed by atoms with Crippen LogP contribution in [0.1, 0.15) is 46.9 Å². The van der Waals surface area contributed by atoms with Gasteiger partial charge in [-0.25, -0.2) is 0 Å². The summed E-state index contributed by atoms with van der Waals surface area (Å²) in [6, 6.07) is 13.9. The molecule has 2 aromatic rings. The highest BCUT2D eigenvalue weighted by Gasteiger charge is 2.14. The molecule has 0 saturated heterocycles. The summed E-state index contributed by atoms with van der Waals surface area (Å²) in [7, 11) is 1.58. The number of hydrogen-bond donors (Lipinski definition) is 3. The molecule has 2 aromatic carbocycles. The maximum Gasteiger partial charge on any atom is 0.261 e. The lowest BCUT2D eigenvalue weighted by molar-refractivity contribution is 0.0935. The molecule has 0 heterocycles. The molecule has 0 bridgehead atoms. The largest absolute Gasteiger partial charge is 0.493 e. The minimum absolute atomic E-state index is 0.156. The van der Waals surface area contributed by atoms with Crippen molar-refractivity contribution in [2.24, 2.45) is 0 Å². The van der Waals surface area contributed by atoms with Crippen molar-refractivity contribution in [1.29, 1.82) is 0 Å². The first-order valence-corrected chi connectivity index (χ1v) is 10.7. The number of para-hydroxylation sites is 1. The lowest BCUT2D eigenvalue weighted by atomic mass is 10.2. The lowest BCUT2D eigenvalue weighted by Gasteiger charge is -2.13. The van der Waals surface area contributed by atoms with Crippen LogP contribution in [0.2, 0.25) is 0 Å². The van der Waals surface area contributed by atoms with Gasteiger partial charge in [0, 0.05) is 24.9 Å². The zero-order valence-corrected chi connectivity index (χ0v) is 18.7. The Balaban J connectivity index is 1.90. The number of anilines is 1. The van der Waals surface area contributed by atoms with Gasteiger partial charge in [0.2, 0.25) is 0 Å². The topological polar surface area (TPSA) is 88.7 Å². The number of amides is 2. The van der Waals surface area contributed by atoms with E-state index in [0.29, 0.717) is 42.3 Å². The SMILES string of the molecule is CCCCCOc1ccccc1C(=O)NC(=S)Nc1ccc(C(=O)NCCOC)cc1. The second-order valence-corrected chi connectivity index (χ2v) is 7.19. The molecule has 2 amide bonds. The highest BCUT2D eigenvalue weighted by atomic mass is 32.1. The molecule has 0 radical (unpaired) electrons. The molecule has 0 aromatic heterocycles. The molecular formula is C23H29N3O4S. The summed E-state index contributed by atoms with van der Waals surface area (Å²) in [6.07, 6.45) is 3.12. The fourth-order valence-corrected chi connectivity index (χ4v) is 2.93. The van der Waals surface area contributed by atoms with E-state index in [1.165, 1.54) is 0 Å². The molecule has 166 valence electrons. The van der Waals surface area contributed by atoms with Gasteiger partial charge in [-0.05, 0) is 55.0 Å². The maximum atomic E-state index is 12.6. The van der Waals surface area contributed by atoms with Crippen LogP contribution in [0.15, 0.2) is 48.5 Å². The number of nitrogens with one attached hydrogen (secondary N) is 3. The van der Waals surface area contributed by atoms with E-state index >= 15 is 0 Å². The van der Waals surface area contributed by atoms with Crippen molar-refractivity contribution in [2.45, 2.75) is 26.2 Å². The number of carbonyl (C=O) groups is 2. The molecule has 31 heavy (non-hydrogen) atoms. The van der Waals surface area contributed by atoms with Crippen LogP contribution in [0.3, 0.4) is 0 Å². The molecular weight excluding hydrogens is 414 g/mol. The average Bonchev–Trinajstić information content (AvgIpc) is 2.77. The van der Waals surface area contributed by atoms with Crippen molar-refractivity contribution in [2.75, 3.05) is 32.2 Å². The second kappa shape index (κ2) is 13.4. The number of hydrogen-bond acceptors (Lipinski definition) is 5. The average molecular weight is 444 g/mol. The van der Waals surface area contributed by atoms with Gasteiger partial charge in [0.25, 0.3) is 11.8 Å². The van der Waals surface area contributed by atoms with Crippen LogP contribution >= 0.6 is 12.2 Å². The molecule has 0 spiro atoms. The van der Waals surface area contributed by atoms with Gasteiger partial charge in [-0.2, -0.15) is 0 Å². The summed E-state index contributed by atoms with van der Waals surface area (Å²) in [5.74, 6) is -0.00417. The number of benzene rings is 2. The van der Waals surface area contributed by atoms with Gasteiger partial charge in [-0.1, -0.05) is 31.9 Å². The Morgan fingerprint density at radius 2 is 1.71 bits per heavy atom. The van der Waals surface area contributed by atoms with Gasteiger partial charge in [-0.15, -0.1) is 0 Å². The highest BCUT2D eigenvalue weighted by Crippen LogP contribution is 2.18. The molecule has 0 fully saturated rings. The Morgan fingerprint density at radius 1 is 0.968 bits per heavy atom. The molecule has 0 atom stereocenters. The molecule has 0 unspecified atom stereocenters. The van der Waals surface area contributed by atoms with Gasteiger partial charge < -0.3 is 20.1 Å². The quantitative estimate of drug-likeness (QED) is 0.362. The number of rotatable bonds is 11. The Labute approximate surface area is 188 Å². The van der Waals surface area contributed by atoms with E-state index < -0.39 is 0 Å². The van der Waals surface area contributed by atoms with E-state index in [1.54, 1.807) is 49.6 Å². The summed E-state index contributed by atoms with van der Waals surface area (Å²) >= 11 is 5.26. The van der Waals surface area contributed by atoms with Crippen LogP contribution < -0.4 is 20.7 Å². The van der Waals surface area contributed by atoms with Crippen molar-refractivity contribution < 1.29 is 19.1 Å². The number of methoxy groups -OCH3 is 1. The van der Waals surface area contributed by atoms with Crippen LogP contribution in [-0.4, -0.2) is 43.8 Å². The Morgan fingerprint density at radius 3 is 2.42 bits per heavy atom. The lowest BCUT2D eigenvalue weighted by Crippen LogP contribution is -2.34. The normalized spacial score (nSPS) is 10.3. The van der Waals surface area contributed by atoms with Crippen molar-refractivity contribution >= 4 is 34.8 Å². The minimum Gasteiger partial charge on any atom is -0.493 e. The number of carbonyl (C=O) groups excluding carboxylic acids is 2. The van der Waals surface area contributed by atoms with Gasteiger partial charge in [0.1, 0.15) is 5.75 Å². The van der Waals surface area contributed by atoms with E-state index in [0.717, 1.165) is 19.3 Å². The summed E-state index contributed by atoms with van der Waals surface area (Å²) in [6.45, 7) is 3.58. The van der Waals surface area contributed by atoms with Crippen molar-refractivity contribution in [3.05, 3.63) is 59.7 Å². The summed E-state index contributed by atoms with van der Waals surface area (Å²) in [4.78, 5) is 24.7. The Kier molecular flexibility index (Phi) is 10.5. The zero-order chi connectivity index (χ0) is 22.5. The summed E-state index contributed by atoms with van der Waals surface area (Å²) in [5, 5.41) is 8.52. The molecule has 0 aliphatic rings. The zero-order valence-electron chi connectivity index (χ0n) is 17.9. The standard InChI is InChI=1S/C23H29N3O4S/c1-3-4-7-15-30-20-9-6-5-8-19(20)22(28)26-23(31)25-18-12-10-17(11-13-18)21(27)24-14-16-29-2/h5-6,8-13H,3-4,7,14-16H2,1-2H3,(H,24,27)(H2,25,26,28,31). The first-order chi connectivity index (χ1) is 15.0. The number of unbranched alkanes of at least 4 members (excludes halogenated alkanes) is 2. The maximum absolute atomic E-state index is 12.6. The summed E-state index contributed by atoms with van der Waals surface area (Å²) < 4.78 is 10.7. The third-order valence-electron chi connectivity index (χ3n) is 4.36.